The molecule has 0 aliphatic carbocycles. The van der Waals surface area contributed by atoms with Crippen molar-refractivity contribution in [2.75, 3.05) is 11.1 Å². The van der Waals surface area contributed by atoms with E-state index in [0.717, 1.165) is 16.9 Å². The summed E-state index contributed by atoms with van der Waals surface area (Å²) in [6.07, 6.45) is 2.35. The molecule has 1 heterocycles. The number of amides is 1. The van der Waals surface area contributed by atoms with Gasteiger partial charge in [-0.1, -0.05) is 13.8 Å². The Morgan fingerprint density at radius 2 is 2.11 bits per heavy atom. The molecule has 0 spiro atoms. The third-order valence-corrected chi connectivity index (χ3v) is 4.65. The van der Waals surface area contributed by atoms with Crippen LogP contribution in [0.15, 0.2) is 35.4 Å². The summed E-state index contributed by atoms with van der Waals surface area (Å²) < 4.78 is 1.16. The zero-order valence-electron chi connectivity index (χ0n) is 14.9. The molecule has 0 aliphatic heterocycles. The molecule has 9 nitrogen and oxygen atoms in total. The van der Waals surface area contributed by atoms with Gasteiger partial charge in [-0.05, 0) is 30.2 Å². The van der Waals surface area contributed by atoms with Crippen LogP contribution in [0, 0.1) is 16.0 Å². The van der Waals surface area contributed by atoms with Gasteiger partial charge in [-0.15, -0.1) is 11.8 Å². The van der Waals surface area contributed by atoms with Crippen molar-refractivity contribution >= 4 is 35.1 Å². The number of carboxylic acids is 1. The number of hydrogen-bond donors (Lipinski definition) is 2. The van der Waals surface area contributed by atoms with E-state index < -0.39 is 16.8 Å². The van der Waals surface area contributed by atoms with Crippen molar-refractivity contribution in [3.63, 3.8) is 0 Å². The first kappa shape index (κ1) is 20.4. The molecular weight excluding hydrogens is 372 g/mol. The number of benzene rings is 1. The lowest BCUT2D eigenvalue weighted by atomic mass is 10.2. The number of thioether (sulfide) groups is 1. The summed E-state index contributed by atoms with van der Waals surface area (Å²) in [5, 5.41) is 26.5. The van der Waals surface area contributed by atoms with Gasteiger partial charge in [0, 0.05) is 23.9 Å². The summed E-state index contributed by atoms with van der Waals surface area (Å²) >= 11 is 1.39. The van der Waals surface area contributed by atoms with E-state index >= 15 is 0 Å². The number of nitro groups is 1. The van der Waals surface area contributed by atoms with E-state index in [2.05, 4.69) is 24.3 Å². The van der Waals surface area contributed by atoms with Crippen LogP contribution in [-0.4, -0.2) is 37.4 Å². The minimum Gasteiger partial charge on any atom is -0.480 e. The lowest BCUT2D eigenvalue weighted by molar-refractivity contribution is -0.387. The van der Waals surface area contributed by atoms with Crippen LogP contribution < -0.4 is 5.32 Å². The molecule has 1 aromatic heterocycles. The largest absolute Gasteiger partial charge is 0.480 e. The highest BCUT2D eigenvalue weighted by Crippen LogP contribution is 2.31. The first-order valence-electron chi connectivity index (χ1n) is 8.24. The predicted molar refractivity (Wildman–Crippen MR) is 101 cm³/mol. The lowest BCUT2D eigenvalue weighted by Gasteiger charge is -2.07. The maximum absolute atomic E-state index is 12.3. The number of nitrogens with zero attached hydrogens (tertiary/aromatic N) is 3. The number of aromatic nitrogens is 2. The average molecular weight is 392 g/mol. The van der Waals surface area contributed by atoms with Crippen LogP contribution in [-0.2, 0) is 11.3 Å². The highest BCUT2D eigenvalue weighted by molar-refractivity contribution is 7.99. The van der Waals surface area contributed by atoms with Crippen LogP contribution in [0.4, 0.5) is 11.5 Å². The van der Waals surface area contributed by atoms with Gasteiger partial charge < -0.3 is 10.4 Å². The number of carbonyl (C=O) groups is 2. The molecule has 27 heavy (non-hydrogen) atoms. The Bertz CT molecular complexity index is 850. The Morgan fingerprint density at radius 3 is 2.74 bits per heavy atom. The van der Waals surface area contributed by atoms with E-state index in [9.17, 15) is 19.7 Å². The fourth-order valence-corrected chi connectivity index (χ4v) is 3.43. The van der Waals surface area contributed by atoms with Crippen molar-refractivity contribution in [1.29, 1.82) is 0 Å². The van der Waals surface area contributed by atoms with Crippen LogP contribution in [0.2, 0.25) is 0 Å². The van der Waals surface area contributed by atoms with Gasteiger partial charge in [-0.2, -0.15) is 5.10 Å². The van der Waals surface area contributed by atoms with Gasteiger partial charge >= 0.3 is 5.97 Å². The minimum atomic E-state index is -1.06. The van der Waals surface area contributed by atoms with Crippen LogP contribution in [0.5, 0.6) is 0 Å². The average Bonchev–Trinajstić information content (AvgIpc) is 3.00. The van der Waals surface area contributed by atoms with E-state index in [4.69, 9.17) is 5.11 Å². The van der Waals surface area contributed by atoms with Gasteiger partial charge in [0.25, 0.3) is 11.6 Å². The van der Waals surface area contributed by atoms with Gasteiger partial charge in [-0.3, -0.25) is 24.4 Å². The molecule has 10 heteroatoms. The topological polar surface area (TPSA) is 127 Å². The molecule has 0 atom stereocenters. The number of carboxylic acid groups (broad SMARTS) is 1. The zero-order valence-corrected chi connectivity index (χ0v) is 15.7. The molecule has 0 fully saturated rings. The highest BCUT2D eigenvalue weighted by Gasteiger charge is 2.18. The number of nitro benzene ring substituents is 1. The van der Waals surface area contributed by atoms with Crippen LogP contribution in [0.25, 0.3) is 0 Å². The molecule has 144 valence electrons. The van der Waals surface area contributed by atoms with Crippen LogP contribution >= 0.6 is 11.8 Å². The number of aliphatic carboxylic acids is 1. The maximum Gasteiger partial charge on any atom is 0.325 e. The molecule has 1 amide bonds. The maximum atomic E-state index is 12.3. The molecule has 1 aromatic carbocycles. The van der Waals surface area contributed by atoms with E-state index in [-0.39, 0.29) is 23.6 Å². The van der Waals surface area contributed by atoms with Gasteiger partial charge in [0.1, 0.15) is 6.54 Å². The quantitative estimate of drug-likeness (QED) is 0.381. The second kappa shape index (κ2) is 9.17. The first-order valence-corrected chi connectivity index (χ1v) is 9.22. The second-order valence-electron chi connectivity index (χ2n) is 6.22. The summed E-state index contributed by atoms with van der Waals surface area (Å²) in [7, 11) is 0. The number of rotatable bonds is 9. The normalized spacial score (nSPS) is 10.8. The second-order valence-corrected chi connectivity index (χ2v) is 7.35. The van der Waals surface area contributed by atoms with Crippen molar-refractivity contribution in [1.82, 2.24) is 9.78 Å². The van der Waals surface area contributed by atoms with Crippen molar-refractivity contribution in [3.05, 3.63) is 46.1 Å². The molecule has 2 rings (SSSR count). The van der Waals surface area contributed by atoms with Crippen molar-refractivity contribution in [2.24, 2.45) is 5.92 Å². The summed E-state index contributed by atoms with van der Waals surface area (Å²) in [5.74, 6) is -0.193. The van der Waals surface area contributed by atoms with E-state index in [0.29, 0.717) is 10.8 Å². The predicted octanol–water partition coefficient (Wildman–Crippen LogP) is 3.27. The van der Waals surface area contributed by atoms with Crippen LogP contribution in [0.3, 0.4) is 0 Å². The summed E-state index contributed by atoms with van der Waals surface area (Å²) in [4.78, 5) is 34.3. The molecule has 0 aliphatic rings. The molecule has 0 radical (unpaired) electrons. The summed E-state index contributed by atoms with van der Waals surface area (Å²) in [5.41, 5.74) is 0.00973. The summed E-state index contributed by atoms with van der Waals surface area (Å²) in [6, 6.07) is 5.78. The zero-order chi connectivity index (χ0) is 20.0. The first-order chi connectivity index (χ1) is 12.8. The van der Waals surface area contributed by atoms with Gasteiger partial charge in [-0.25, -0.2) is 0 Å². The third-order valence-electron chi connectivity index (χ3n) is 3.55. The standard InChI is InChI=1S/C17H20N4O5S/c1-11(2)6-8-27-14-4-3-12(9-13(14)21(25)26)17(24)18-15-5-7-20(19-15)10-16(22)23/h3-5,7,9,11H,6,8,10H2,1-2H3,(H,22,23)(H,18,19,24). The molecule has 0 saturated heterocycles. The molecule has 2 aromatic rings. The Labute approximate surface area is 159 Å². The minimum absolute atomic E-state index is 0.118. The monoisotopic (exact) mass is 392 g/mol. The van der Waals surface area contributed by atoms with E-state index in [1.54, 1.807) is 6.07 Å². The van der Waals surface area contributed by atoms with E-state index in [1.807, 2.05) is 0 Å². The SMILES string of the molecule is CC(C)CCSc1ccc(C(=O)Nc2ccn(CC(=O)O)n2)cc1[N+](=O)[O-]. The fourth-order valence-electron chi connectivity index (χ4n) is 2.17. The Balaban J connectivity index is 2.11. The van der Waals surface area contributed by atoms with E-state index in [1.165, 1.54) is 36.2 Å². The van der Waals surface area contributed by atoms with Crippen molar-refractivity contribution < 1.29 is 19.6 Å². The molecule has 0 bridgehead atoms. The molecule has 0 saturated carbocycles. The molecule has 2 N–H and O–H groups in total. The Morgan fingerprint density at radius 1 is 1.37 bits per heavy atom. The van der Waals surface area contributed by atoms with Crippen LogP contribution in [0.1, 0.15) is 30.6 Å². The number of carbonyl (C=O) groups excluding carboxylic acids is 1. The van der Waals surface area contributed by atoms with Gasteiger partial charge in [0.15, 0.2) is 5.82 Å². The number of nitrogens with one attached hydrogen (secondary N) is 1. The summed E-state index contributed by atoms with van der Waals surface area (Å²) in [6.45, 7) is 3.84. The molecular formula is C17H20N4O5S. The lowest BCUT2D eigenvalue weighted by Crippen LogP contribution is -2.14. The number of anilines is 1. The van der Waals surface area contributed by atoms with Crippen molar-refractivity contribution in [2.45, 2.75) is 31.7 Å². The van der Waals surface area contributed by atoms with Gasteiger partial charge in [0.05, 0.1) is 9.82 Å². The number of hydrogen-bond acceptors (Lipinski definition) is 6. The molecule has 0 unspecified atom stereocenters. The smallest absolute Gasteiger partial charge is 0.325 e. The Kier molecular flexibility index (Phi) is 6.94. The highest BCUT2D eigenvalue weighted by atomic mass is 32.2. The van der Waals surface area contributed by atoms with Crippen molar-refractivity contribution in [3.8, 4) is 0 Å². The Hall–Kier alpha value is -2.88. The fraction of sp³-hybridized carbons (Fsp3) is 0.353. The third kappa shape index (κ3) is 6.10. The van der Waals surface area contributed by atoms with Gasteiger partial charge in [0.2, 0.25) is 0 Å².